The van der Waals surface area contributed by atoms with Gasteiger partial charge in [0.15, 0.2) is 11.9 Å². The molecule has 1 aliphatic carbocycles. The van der Waals surface area contributed by atoms with Crippen molar-refractivity contribution in [2.24, 2.45) is 44.6 Å². The number of aliphatic imine (C=N–C) groups is 2. The van der Waals surface area contributed by atoms with Crippen molar-refractivity contribution in [2.75, 3.05) is 26.2 Å². The Morgan fingerprint density at radius 1 is 0.652 bits per heavy atom. The summed E-state index contributed by atoms with van der Waals surface area (Å²) >= 11 is 0. The summed E-state index contributed by atoms with van der Waals surface area (Å²) in [5.41, 5.74) is 28.8. The number of carboxylic acids is 1. The highest BCUT2D eigenvalue weighted by atomic mass is 16.4. The lowest BCUT2D eigenvalue weighted by molar-refractivity contribution is -0.149. The number of imidazole rings is 1. The van der Waals surface area contributed by atoms with Crippen LogP contribution < -0.4 is 71.2 Å². The van der Waals surface area contributed by atoms with Crippen molar-refractivity contribution in [3.63, 3.8) is 0 Å². The summed E-state index contributed by atoms with van der Waals surface area (Å²) in [4.78, 5) is 153. The van der Waals surface area contributed by atoms with E-state index >= 15 is 0 Å². The van der Waals surface area contributed by atoms with Crippen LogP contribution in [0, 0.1) is 5.92 Å². The number of rotatable bonds is 36. The maximum Gasteiger partial charge on any atom is 0.323 e. The van der Waals surface area contributed by atoms with Crippen molar-refractivity contribution >= 4 is 81.8 Å². The molecule has 1 unspecified atom stereocenters. The Bertz CT molecular complexity index is 2920. The molecule has 490 valence electrons. The number of guanidine groups is 2. The number of fused-ring (bicyclic) bond motifs is 1. The highest BCUT2D eigenvalue weighted by Gasteiger charge is 2.39. The number of H-pyrrole nitrogens is 1. The number of aliphatic hydroxyl groups is 2. The van der Waals surface area contributed by atoms with Crippen molar-refractivity contribution in [3.8, 4) is 0 Å². The van der Waals surface area contributed by atoms with Gasteiger partial charge in [0, 0.05) is 43.9 Å². The number of carboxylic acid groups (broad SMARTS) is 1. The highest BCUT2D eigenvalue weighted by Crippen LogP contribution is 2.25. The zero-order valence-electron chi connectivity index (χ0n) is 51.0. The minimum absolute atomic E-state index is 0.0437. The average molecular weight is 1250 g/mol. The maximum absolute atomic E-state index is 14.6. The van der Waals surface area contributed by atoms with E-state index in [9.17, 15) is 63.3 Å². The van der Waals surface area contributed by atoms with Crippen molar-refractivity contribution in [3.05, 3.63) is 66.2 Å². The molecule has 1 heterocycles. The van der Waals surface area contributed by atoms with Gasteiger partial charge < -0.3 is 96.4 Å². The number of aromatic amines is 1. The van der Waals surface area contributed by atoms with Crippen LogP contribution in [-0.4, -0.2) is 194 Å². The molecule has 0 radical (unpaired) electrons. The van der Waals surface area contributed by atoms with E-state index in [-0.39, 0.29) is 63.2 Å². The van der Waals surface area contributed by atoms with E-state index in [1.807, 2.05) is 24.3 Å². The quantitative estimate of drug-likeness (QED) is 0.0152. The summed E-state index contributed by atoms with van der Waals surface area (Å²) in [6, 6.07) is 0.892. The van der Waals surface area contributed by atoms with Gasteiger partial charge in [0.05, 0.1) is 31.1 Å². The number of nitrogens with zero attached hydrogens (tertiary/aromatic N) is 4. The Kier molecular flexibility index (Phi) is 29.6. The molecule has 9 amide bonds. The number of hydrogen-bond acceptors (Lipinski definition) is 16. The van der Waals surface area contributed by atoms with Gasteiger partial charge in [0.25, 0.3) is 0 Å². The summed E-state index contributed by atoms with van der Waals surface area (Å²) < 4.78 is 0. The predicted octanol–water partition coefficient (Wildman–Crippen LogP) is -3.63. The second-order valence-electron chi connectivity index (χ2n) is 22.3. The lowest BCUT2D eigenvalue weighted by Gasteiger charge is -2.37. The molecule has 31 nitrogen and oxygen atoms in total. The van der Waals surface area contributed by atoms with Crippen molar-refractivity contribution < 1.29 is 63.3 Å². The molecule has 2 aromatic carbocycles. The number of hydrogen-bond donors (Lipinski definition) is 17. The number of amides is 9. The first-order valence-electron chi connectivity index (χ1n) is 29.8. The van der Waals surface area contributed by atoms with Crippen LogP contribution in [0.15, 0.2) is 65.0 Å². The van der Waals surface area contributed by atoms with Gasteiger partial charge in [0.1, 0.15) is 48.8 Å². The summed E-state index contributed by atoms with van der Waals surface area (Å²) in [6.07, 6.45) is 3.70. The zero-order valence-corrected chi connectivity index (χ0v) is 51.0. The maximum atomic E-state index is 14.6. The van der Waals surface area contributed by atoms with Gasteiger partial charge in [-0.3, -0.25) is 57.9 Å². The summed E-state index contributed by atoms with van der Waals surface area (Å²) in [5, 5.41) is 53.3. The summed E-state index contributed by atoms with van der Waals surface area (Å²) in [7, 11) is 0. The molecule has 0 bridgehead atoms. The molecule has 0 spiro atoms. The summed E-state index contributed by atoms with van der Waals surface area (Å²) in [5.74, 6) is -10.0. The first-order valence-corrected chi connectivity index (χ1v) is 29.8. The number of aliphatic hydroxyl groups excluding tert-OH is 2. The number of nitrogens with one attached hydrogen (secondary N) is 9. The molecular formula is C58H90N18O13. The van der Waals surface area contributed by atoms with E-state index in [2.05, 4.69) is 62.5 Å². The molecule has 1 aliphatic rings. The normalized spacial score (nSPS) is 16.0. The molecule has 4 rings (SSSR count). The smallest absolute Gasteiger partial charge is 0.323 e. The van der Waals surface area contributed by atoms with Gasteiger partial charge in [-0.2, -0.15) is 0 Å². The largest absolute Gasteiger partial charge is 0.480 e. The Balaban J connectivity index is 1.52. The number of aromatic nitrogens is 2. The fourth-order valence-electron chi connectivity index (χ4n) is 9.97. The average Bonchev–Trinajstić information content (AvgIpc) is 3.57. The zero-order chi connectivity index (χ0) is 65.9. The minimum atomic E-state index is -1.86. The first kappa shape index (κ1) is 72.5. The van der Waals surface area contributed by atoms with E-state index in [0.717, 1.165) is 43.9 Å². The van der Waals surface area contributed by atoms with Crippen LogP contribution in [0.1, 0.15) is 110 Å². The lowest BCUT2D eigenvalue weighted by Crippen LogP contribution is -2.63. The van der Waals surface area contributed by atoms with Crippen LogP contribution in [0.2, 0.25) is 0 Å². The van der Waals surface area contributed by atoms with Crippen molar-refractivity contribution in [2.45, 2.75) is 178 Å². The fourth-order valence-corrected chi connectivity index (χ4v) is 9.97. The van der Waals surface area contributed by atoms with Crippen LogP contribution in [0.5, 0.6) is 0 Å². The number of benzene rings is 2. The van der Waals surface area contributed by atoms with Crippen LogP contribution in [-0.2, 0) is 60.8 Å². The molecule has 11 atom stereocenters. The number of carbonyl (C=O) groups excluding carboxylic acids is 9. The van der Waals surface area contributed by atoms with E-state index in [1.165, 1.54) is 24.3 Å². The fraction of sp³-hybridized carbons (Fsp3) is 0.569. The highest BCUT2D eigenvalue weighted by molar-refractivity contribution is 5.99. The SMILES string of the molecule is CCC(C)[C@H](NC(=O)[C@@H](CCCN=C(N)N)NC(=O)CNC(=O)[C@@H](NC(=O)[C@@H](NC(=O)[C@H](Cc1cnc[nH]1)NC(=O)[C@H](Cc1cccc2ccccc12)NC(=O)[C@H](C)NC(=O)[C@@H](N)CCCN=C(N)N)[C@@H](C)O)[C@@H](C)O)C(=O)N(CC(=O)O)C1CCCCC1. The van der Waals surface area contributed by atoms with Gasteiger partial charge in [-0.25, -0.2) is 4.98 Å². The molecule has 0 aliphatic heterocycles. The van der Waals surface area contributed by atoms with Crippen molar-refractivity contribution in [1.82, 2.24) is 57.4 Å². The van der Waals surface area contributed by atoms with Crippen LogP contribution in [0.3, 0.4) is 0 Å². The van der Waals surface area contributed by atoms with E-state index < -0.39 is 139 Å². The third-order valence-corrected chi connectivity index (χ3v) is 15.1. The topological polar surface area (TPSA) is 514 Å². The second-order valence-corrected chi connectivity index (χ2v) is 22.3. The third-order valence-electron chi connectivity index (χ3n) is 15.1. The van der Waals surface area contributed by atoms with Crippen LogP contribution >= 0.6 is 0 Å². The second kappa shape index (κ2) is 36.4. The molecule has 89 heavy (non-hydrogen) atoms. The Hall–Kier alpha value is -8.97. The van der Waals surface area contributed by atoms with E-state index in [1.54, 1.807) is 32.0 Å². The number of carbonyl (C=O) groups is 10. The van der Waals surface area contributed by atoms with Gasteiger partial charge in [-0.1, -0.05) is 82.0 Å². The third kappa shape index (κ3) is 23.9. The molecule has 3 aromatic rings. The molecule has 22 N–H and O–H groups in total. The summed E-state index contributed by atoms with van der Waals surface area (Å²) in [6.45, 7) is 6.07. The minimum Gasteiger partial charge on any atom is -0.480 e. The van der Waals surface area contributed by atoms with Gasteiger partial charge >= 0.3 is 5.97 Å². The molecular weight excluding hydrogens is 1160 g/mol. The molecule has 0 saturated heterocycles. The van der Waals surface area contributed by atoms with E-state index in [4.69, 9.17) is 28.7 Å². The Labute approximate surface area is 516 Å². The first-order chi connectivity index (χ1) is 42.2. The molecule has 31 heteroatoms. The number of aliphatic carboxylic acids is 1. The lowest BCUT2D eigenvalue weighted by atomic mass is 9.91. The standard InChI is InChI=1S/C58H90N18O13/c1-6-31(2)46(56(89)76(29-45(80)81)38-18-8-7-9-19-38)73-51(84)41(22-14-24-66-58(62)63)70-44(79)28-67-54(87)47(33(4)77)75-55(88)48(34(5)78)74-53(86)43(26-37-27-64-30-68-37)72-52(85)42(25-36-17-12-16-35-15-10-11-20-39(35)36)71-49(82)32(3)69-50(83)40(59)21-13-23-65-57(60)61/h10-12,15-17,20,27,30-34,38,40-43,46-48,77-78H,6-9,13-14,18-19,21-26,28-29,59H2,1-5H3,(H,64,68)(H,67,87)(H,69,83)(H,70,79)(H,71,82)(H,72,85)(H,73,84)(H,74,86)(H,75,88)(H,80,81)(H4,60,61,65)(H4,62,63,66)/t31?,32-,33+,34+,40-,41+,42-,43-,46-,47-,48-/m0/s1. The van der Waals surface area contributed by atoms with Crippen molar-refractivity contribution in [1.29, 1.82) is 0 Å². The molecule has 1 aromatic heterocycles. The molecule has 1 fully saturated rings. The van der Waals surface area contributed by atoms with Gasteiger partial charge in [0.2, 0.25) is 53.2 Å². The Morgan fingerprint density at radius 2 is 1.21 bits per heavy atom. The van der Waals surface area contributed by atoms with Crippen LogP contribution in [0.25, 0.3) is 10.8 Å². The number of nitrogens with two attached hydrogens (primary N) is 5. The molecule has 1 saturated carbocycles. The van der Waals surface area contributed by atoms with Gasteiger partial charge in [-0.05, 0) is 81.5 Å². The predicted molar refractivity (Wildman–Crippen MR) is 329 cm³/mol. The van der Waals surface area contributed by atoms with Crippen LogP contribution in [0.4, 0.5) is 0 Å². The van der Waals surface area contributed by atoms with E-state index in [0.29, 0.717) is 36.9 Å². The monoisotopic (exact) mass is 1250 g/mol. The Morgan fingerprint density at radius 3 is 1.82 bits per heavy atom. The van der Waals surface area contributed by atoms with Gasteiger partial charge in [-0.15, -0.1) is 0 Å².